The molecule has 0 fully saturated rings. The van der Waals surface area contributed by atoms with E-state index in [0.717, 1.165) is 17.0 Å². The summed E-state index contributed by atoms with van der Waals surface area (Å²) in [7, 11) is 0. The van der Waals surface area contributed by atoms with Crippen molar-refractivity contribution in [3.05, 3.63) is 54.1 Å². The van der Waals surface area contributed by atoms with E-state index in [4.69, 9.17) is 27.5 Å². The monoisotopic (exact) mass is 406 g/mol. The van der Waals surface area contributed by atoms with Gasteiger partial charge in [0.2, 0.25) is 0 Å². The predicted molar refractivity (Wildman–Crippen MR) is 99.4 cm³/mol. The van der Waals surface area contributed by atoms with Crippen molar-refractivity contribution < 1.29 is 17.9 Å². The second kappa shape index (κ2) is 8.90. The highest BCUT2D eigenvalue weighted by atomic mass is 32.2. The fraction of sp³-hybridized carbons (Fsp3) is 0.211. The fourth-order valence-corrected chi connectivity index (χ4v) is 3.06. The van der Waals surface area contributed by atoms with E-state index >= 15 is 0 Å². The van der Waals surface area contributed by atoms with Crippen molar-refractivity contribution in [3.8, 4) is 17.9 Å². The molecule has 0 N–H and O–H groups in total. The second-order valence-corrected chi connectivity index (χ2v) is 7.07. The summed E-state index contributed by atoms with van der Waals surface area (Å²) >= 11 is 6.41. The van der Waals surface area contributed by atoms with Crippen LogP contribution in [0, 0.1) is 28.6 Å². The van der Waals surface area contributed by atoms with Gasteiger partial charge in [0.05, 0.1) is 22.6 Å². The molecule has 0 aliphatic rings. The molecule has 0 aliphatic carbocycles. The summed E-state index contributed by atoms with van der Waals surface area (Å²) in [4.78, 5) is 1.71. The van der Waals surface area contributed by atoms with Crippen LogP contribution in [0.15, 0.2) is 58.3 Å². The van der Waals surface area contributed by atoms with Gasteiger partial charge in [-0.2, -0.15) is 23.7 Å². The lowest BCUT2D eigenvalue weighted by Gasteiger charge is -2.16. The summed E-state index contributed by atoms with van der Waals surface area (Å²) < 4.78 is 43.4. The summed E-state index contributed by atoms with van der Waals surface area (Å²) in [6.07, 6.45) is -4.94. The van der Waals surface area contributed by atoms with Crippen molar-refractivity contribution in [2.45, 2.75) is 29.0 Å². The minimum Gasteiger partial charge on any atom is -0.485 e. The smallest absolute Gasteiger partial charge is 0.416 e. The fourth-order valence-electron chi connectivity index (χ4n) is 2.09. The van der Waals surface area contributed by atoms with Gasteiger partial charge in [-0.15, -0.1) is 0 Å². The maximum atomic E-state index is 12.6. The first-order valence-corrected chi connectivity index (χ1v) is 8.92. The number of benzene rings is 2. The molecule has 0 spiro atoms. The average Bonchev–Trinajstić information content (AvgIpc) is 2.64. The van der Waals surface area contributed by atoms with Crippen LogP contribution in [0.5, 0.6) is 5.75 Å². The Morgan fingerprint density at radius 3 is 1.93 bits per heavy atom. The Labute approximate surface area is 164 Å². The van der Waals surface area contributed by atoms with Gasteiger partial charge in [-0.3, -0.25) is 0 Å². The lowest BCUT2D eigenvalue weighted by Crippen LogP contribution is -2.27. The zero-order chi connectivity index (χ0) is 20.0. The first-order valence-electron chi connectivity index (χ1n) is 7.69. The lowest BCUT2D eigenvalue weighted by atomic mass is 10.1. The number of thiocarbonyl (C=S) groups is 1. The molecular weight excluding hydrogens is 393 g/mol. The molecule has 0 amide bonds. The van der Waals surface area contributed by atoms with Crippen molar-refractivity contribution in [2.75, 3.05) is 0 Å². The Balaban J connectivity index is 2.00. The van der Waals surface area contributed by atoms with E-state index in [1.54, 1.807) is 31.2 Å². The number of nitriles is 2. The van der Waals surface area contributed by atoms with Crippen molar-refractivity contribution in [1.82, 2.24) is 0 Å². The van der Waals surface area contributed by atoms with Crippen LogP contribution in [0.25, 0.3) is 0 Å². The normalized spacial score (nSPS) is 12.1. The van der Waals surface area contributed by atoms with Crippen molar-refractivity contribution in [3.63, 3.8) is 0 Å². The molecule has 138 valence electrons. The summed E-state index contributed by atoms with van der Waals surface area (Å²) in [5.41, 5.74) is -0.686. The van der Waals surface area contributed by atoms with Crippen LogP contribution in [0.2, 0.25) is 0 Å². The number of ether oxygens (including phenoxy) is 1. The largest absolute Gasteiger partial charge is 0.485 e. The maximum Gasteiger partial charge on any atom is 0.416 e. The third kappa shape index (κ3) is 5.72. The molecule has 3 nitrogen and oxygen atoms in total. The average molecular weight is 406 g/mol. The summed E-state index contributed by atoms with van der Waals surface area (Å²) in [5, 5.41) is 17.7. The molecule has 8 heteroatoms. The van der Waals surface area contributed by atoms with Crippen LogP contribution in [-0.4, -0.2) is 11.0 Å². The minimum atomic E-state index is -4.35. The SMILES string of the molecule is CC(Oc1ccc(Sc2ccc(C(F)(F)F)cc2)cc1)C(=S)C(C#N)C#N. The molecule has 0 saturated carbocycles. The van der Waals surface area contributed by atoms with Gasteiger partial charge >= 0.3 is 6.18 Å². The minimum absolute atomic E-state index is 0.211. The number of hydrogen-bond acceptors (Lipinski definition) is 5. The molecule has 0 aliphatic heterocycles. The van der Waals surface area contributed by atoms with Crippen LogP contribution in [0.4, 0.5) is 13.2 Å². The first kappa shape index (κ1) is 20.8. The zero-order valence-electron chi connectivity index (χ0n) is 14.0. The molecule has 27 heavy (non-hydrogen) atoms. The van der Waals surface area contributed by atoms with Gasteiger partial charge in [-0.05, 0) is 55.5 Å². The van der Waals surface area contributed by atoms with E-state index in [-0.39, 0.29) is 4.86 Å². The standard InChI is InChI=1S/C19H13F3N2OS2/c1-12(18(26)13(10-23)11-24)25-15-4-8-17(9-5-15)27-16-6-2-14(3-7-16)19(20,21)22/h2-9,12-13H,1H3. The van der Waals surface area contributed by atoms with Gasteiger partial charge in [0.15, 0.2) is 5.92 Å². The van der Waals surface area contributed by atoms with E-state index < -0.39 is 23.8 Å². The van der Waals surface area contributed by atoms with E-state index in [9.17, 15) is 13.2 Å². The number of halogens is 3. The van der Waals surface area contributed by atoms with Crippen LogP contribution >= 0.6 is 24.0 Å². The van der Waals surface area contributed by atoms with Gasteiger partial charge in [0.1, 0.15) is 11.9 Å². The Morgan fingerprint density at radius 2 is 1.48 bits per heavy atom. The number of alkyl halides is 3. The molecule has 2 rings (SSSR count). The van der Waals surface area contributed by atoms with Crippen LogP contribution in [0.1, 0.15) is 12.5 Å². The van der Waals surface area contributed by atoms with E-state index in [1.807, 2.05) is 12.1 Å². The van der Waals surface area contributed by atoms with Crippen molar-refractivity contribution in [1.29, 1.82) is 10.5 Å². The number of hydrogen-bond donors (Lipinski definition) is 0. The highest BCUT2D eigenvalue weighted by Gasteiger charge is 2.29. The Morgan fingerprint density at radius 1 is 1.00 bits per heavy atom. The highest BCUT2D eigenvalue weighted by molar-refractivity contribution is 7.99. The van der Waals surface area contributed by atoms with Gasteiger partial charge < -0.3 is 4.74 Å². The van der Waals surface area contributed by atoms with E-state index in [1.165, 1.54) is 23.9 Å². The van der Waals surface area contributed by atoms with Gasteiger partial charge in [-0.25, -0.2) is 0 Å². The number of rotatable bonds is 6. The van der Waals surface area contributed by atoms with E-state index in [0.29, 0.717) is 10.6 Å². The molecular formula is C19H13F3N2OS2. The molecule has 0 aromatic heterocycles. The zero-order valence-corrected chi connectivity index (χ0v) is 15.7. The van der Waals surface area contributed by atoms with Gasteiger partial charge in [0.25, 0.3) is 0 Å². The molecule has 2 aromatic carbocycles. The number of nitrogens with zero attached hydrogens (tertiary/aromatic N) is 2. The second-order valence-electron chi connectivity index (χ2n) is 5.45. The van der Waals surface area contributed by atoms with Gasteiger partial charge in [-0.1, -0.05) is 24.0 Å². The predicted octanol–water partition coefficient (Wildman–Crippen LogP) is 5.66. The molecule has 1 atom stereocenters. The Hall–Kier alpha value is -2.55. The Bertz CT molecular complexity index is 868. The molecule has 0 bridgehead atoms. The third-order valence-corrected chi connectivity index (χ3v) is 5.08. The summed E-state index contributed by atoms with van der Waals surface area (Å²) in [5.74, 6) is -0.499. The van der Waals surface area contributed by atoms with Crippen LogP contribution in [-0.2, 0) is 6.18 Å². The van der Waals surface area contributed by atoms with Crippen LogP contribution < -0.4 is 4.74 Å². The first-order chi connectivity index (χ1) is 12.7. The lowest BCUT2D eigenvalue weighted by molar-refractivity contribution is -0.137. The molecule has 0 saturated heterocycles. The summed E-state index contributed by atoms with van der Waals surface area (Å²) in [6.45, 7) is 1.66. The van der Waals surface area contributed by atoms with Crippen LogP contribution in [0.3, 0.4) is 0 Å². The topological polar surface area (TPSA) is 56.8 Å². The van der Waals surface area contributed by atoms with Crippen molar-refractivity contribution in [2.24, 2.45) is 5.92 Å². The van der Waals surface area contributed by atoms with Gasteiger partial charge in [0, 0.05) is 9.79 Å². The molecule has 0 radical (unpaired) electrons. The van der Waals surface area contributed by atoms with Crippen molar-refractivity contribution >= 4 is 28.8 Å². The highest BCUT2D eigenvalue weighted by Crippen LogP contribution is 2.33. The summed E-state index contributed by atoms with van der Waals surface area (Å²) in [6, 6.07) is 15.5. The maximum absolute atomic E-state index is 12.6. The Kier molecular flexibility index (Phi) is 6.84. The van der Waals surface area contributed by atoms with E-state index in [2.05, 4.69) is 0 Å². The molecule has 0 heterocycles. The molecule has 2 aromatic rings. The quantitative estimate of drug-likeness (QED) is 0.580. The molecule has 1 unspecified atom stereocenters. The third-order valence-electron chi connectivity index (χ3n) is 3.50.